The molecule has 7 nitrogen and oxygen atoms in total. The summed E-state index contributed by atoms with van der Waals surface area (Å²) in [6.07, 6.45) is 0.853. The number of carbonyl (C=O) groups excluding carboxylic acids is 2. The van der Waals surface area contributed by atoms with E-state index in [9.17, 15) is 9.59 Å². The van der Waals surface area contributed by atoms with Crippen molar-refractivity contribution >= 4 is 23.2 Å². The van der Waals surface area contributed by atoms with E-state index in [-0.39, 0.29) is 0 Å². The molecule has 0 atom stereocenters. The quantitative estimate of drug-likeness (QED) is 0.676. The highest BCUT2D eigenvalue weighted by Gasteiger charge is 2.17. The van der Waals surface area contributed by atoms with Crippen molar-refractivity contribution < 1.29 is 23.5 Å². The second-order valence-corrected chi connectivity index (χ2v) is 7.27. The Labute approximate surface area is 162 Å². The lowest BCUT2D eigenvalue weighted by Crippen LogP contribution is -2.32. The van der Waals surface area contributed by atoms with Crippen LogP contribution in [0.5, 0.6) is 0 Å². The normalized spacial score (nSPS) is 11.3. The predicted molar refractivity (Wildman–Crippen MR) is 104 cm³/mol. The van der Waals surface area contributed by atoms with Gasteiger partial charge in [-0.3, -0.25) is 0 Å². The molecule has 0 fully saturated rings. The largest absolute Gasteiger partial charge is 0.465 e. The first kappa shape index (κ1) is 19.4. The van der Waals surface area contributed by atoms with Crippen LogP contribution in [0.25, 0.3) is 22.2 Å². The van der Waals surface area contributed by atoms with Crippen molar-refractivity contribution in [3.8, 4) is 11.1 Å². The number of esters is 1. The van der Waals surface area contributed by atoms with Crippen molar-refractivity contribution in [3.63, 3.8) is 0 Å². The third-order valence-electron chi connectivity index (χ3n) is 3.93. The van der Waals surface area contributed by atoms with Gasteiger partial charge < -0.3 is 19.2 Å². The number of alkyl carbamates (subject to hydrolysis) is 1. The van der Waals surface area contributed by atoms with E-state index in [4.69, 9.17) is 13.9 Å². The predicted octanol–water partition coefficient (Wildman–Crippen LogP) is 4.31. The number of carbonyl (C=O) groups is 2. The molecule has 2 aromatic carbocycles. The SMILES string of the molecule is COC(=O)c1cc(-c2cccc(CNC(=O)OC(C)(C)C)c2)c2ocnc2c1. The van der Waals surface area contributed by atoms with E-state index in [0.29, 0.717) is 23.2 Å². The van der Waals surface area contributed by atoms with Gasteiger partial charge in [0, 0.05) is 12.1 Å². The van der Waals surface area contributed by atoms with E-state index < -0.39 is 17.7 Å². The molecule has 0 saturated heterocycles. The molecule has 0 unspecified atom stereocenters. The molecule has 28 heavy (non-hydrogen) atoms. The summed E-state index contributed by atoms with van der Waals surface area (Å²) in [6, 6.07) is 10.9. The second-order valence-electron chi connectivity index (χ2n) is 7.27. The Morgan fingerprint density at radius 3 is 2.68 bits per heavy atom. The Balaban J connectivity index is 1.89. The third-order valence-corrected chi connectivity index (χ3v) is 3.93. The molecule has 0 aliphatic carbocycles. The highest BCUT2D eigenvalue weighted by atomic mass is 16.6. The number of fused-ring (bicyclic) bond motifs is 1. The number of aromatic nitrogens is 1. The number of hydrogen-bond donors (Lipinski definition) is 1. The van der Waals surface area contributed by atoms with Crippen molar-refractivity contribution in [3.05, 3.63) is 53.9 Å². The number of methoxy groups -OCH3 is 1. The minimum Gasteiger partial charge on any atom is -0.465 e. The highest BCUT2D eigenvalue weighted by Crippen LogP contribution is 2.30. The van der Waals surface area contributed by atoms with Crippen molar-refractivity contribution in [1.29, 1.82) is 0 Å². The van der Waals surface area contributed by atoms with Crippen molar-refractivity contribution in [1.82, 2.24) is 10.3 Å². The van der Waals surface area contributed by atoms with Crippen LogP contribution in [0.3, 0.4) is 0 Å². The molecule has 0 aliphatic rings. The molecular weight excluding hydrogens is 360 g/mol. The van der Waals surface area contributed by atoms with Crippen molar-refractivity contribution in [2.45, 2.75) is 32.9 Å². The molecule has 0 spiro atoms. The van der Waals surface area contributed by atoms with E-state index in [1.54, 1.807) is 12.1 Å². The van der Waals surface area contributed by atoms with Gasteiger partial charge in [-0.25, -0.2) is 14.6 Å². The molecular formula is C21H22N2O5. The van der Waals surface area contributed by atoms with E-state index >= 15 is 0 Å². The smallest absolute Gasteiger partial charge is 0.407 e. The Hall–Kier alpha value is -3.35. The summed E-state index contributed by atoms with van der Waals surface area (Å²) in [5.41, 5.74) is 3.39. The van der Waals surface area contributed by atoms with Gasteiger partial charge in [0.1, 0.15) is 11.1 Å². The summed E-state index contributed by atoms with van der Waals surface area (Å²) >= 11 is 0. The number of amides is 1. The lowest BCUT2D eigenvalue weighted by atomic mass is 9.99. The molecule has 0 radical (unpaired) electrons. The van der Waals surface area contributed by atoms with Gasteiger partial charge in [0.2, 0.25) is 0 Å². The minimum absolute atomic E-state index is 0.305. The van der Waals surface area contributed by atoms with Crippen molar-refractivity contribution in [2.75, 3.05) is 7.11 Å². The van der Waals surface area contributed by atoms with E-state index in [2.05, 4.69) is 10.3 Å². The molecule has 0 aliphatic heterocycles. The number of oxazole rings is 1. The number of nitrogens with zero attached hydrogens (tertiary/aromatic N) is 1. The van der Waals surface area contributed by atoms with Crippen LogP contribution in [-0.4, -0.2) is 29.8 Å². The average molecular weight is 382 g/mol. The maximum absolute atomic E-state index is 12.0. The molecule has 146 valence electrons. The van der Waals surface area contributed by atoms with Crippen molar-refractivity contribution in [2.24, 2.45) is 0 Å². The Kier molecular flexibility index (Phi) is 5.35. The summed E-state index contributed by atoms with van der Waals surface area (Å²) in [7, 11) is 1.33. The molecule has 1 aromatic heterocycles. The molecule has 1 amide bonds. The molecule has 3 aromatic rings. The summed E-state index contributed by atoms with van der Waals surface area (Å²) in [5, 5.41) is 2.73. The maximum Gasteiger partial charge on any atom is 0.407 e. The van der Waals surface area contributed by atoms with Crippen LogP contribution in [0.4, 0.5) is 4.79 Å². The van der Waals surface area contributed by atoms with Gasteiger partial charge in [0.05, 0.1) is 12.7 Å². The Morgan fingerprint density at radius 1 is 1.18 bits per heavy atom. The summed E-state index contributed by atoms with van der Waals surface area (Å²) in [4.78, 5) is 28.0. The van der Waals surface area contributed by atoms with E-state index in [1.807, 2.05) is 45.0 Å². The standard InChI is InChI=1S/C21H22N2O5/c1-21(2,3)28-20(25)22-11-13-6-5-7-14(8-13)16-9-15(19(24)26-4)10-17-18(16)27-12-23-17/h5-10,12H,11H2,1-4H3,(H,22,25). The summed E-state index contributed by atoms with van der Waals surface area (Å²) in [5.74, 6) is -0.450. The first-order valence-electron chi connectivity index (χ1n) is 8.78. The van der Waals surface area contributed by atoms with Gasteiger partial charge in [-0.05, 0) is 50.1 Å². The number of rotatable bonds is 4. The average Bonchev–Trinajstić information content (AvgIpc) is 3.12. The fourth-order valence-electron chi connectivity index (χ4n) is 2.76. The minimum atomic E-state index is -0.557. The van der Waals surface area contributed by atoms with Crippen LogP contribution in [-0.2, 0) is 16.0 Å². The van der Waals surface area contributed by atoms with Crippen LogP contribution in [0.1, 0.15) is 36.7 Å². The number of benzene rings is 2. The summed E-state index contributed by atoms with van der Waals surface area (Å²) < 4.78 is 15.6. The lowest BCUT2D eigenvalue weighted by molar-refractivity contribution is 0.0522. The lowest BCUT2D eigenvalue weighted by Gasteiger charge is -2.19. The second kappa shape index (κ2) is 7.72. The fraction of sp³-hybridized carbons (Fsp3) is 0.286. The topological polar surface area (TPSA) is 90.7 Å². The van der Waals surface area contributed by atoms with Gasteiger partial charge in [-0.2, -0.15) is 0 Å². The zero-order valence-corrected chi connectivity index (χ0v) is 16.2. The number of hydrogen-bond acceptors (Lipinski definition) is 6. The van der Waals surface area contributed by atoms with Crippen LogP contribution in [0.2, 0.25) is 0 Å². The Bertz CT molecular complexity index is 1020. The van der Waals surface area contributed by atoms with Gasteiger partial charge >= 0.3 is 12.1 Å². The van der Waals surface area contributed by atoms with Gasteiger partial charge in [0.25, 0.3) is 0 Å². The number of ether oxygens (including phenoxy) is 2. The monoisotopic (exact) mass is 382 g/mol. The summed E-state index contributed by atoms with van der Waals surface area (Å²) in [6.45, 7) is 5.73. The first-order valence-corrected chi connectivity index (χ1v) is 8.78. The van der Waals surface area contributed by atoms with Gasteiger partial charge in [-0.15, -0.1) is 0 Å². The number of nitrogens with one attached hydrogen (secondary N) is 1. The van der Waals surface area contributed by atoms with E-state index in [1.165, 1.54) is 13.5 Å². The molecule has 0 saturated carbocycles. The first-order chi connectivity index (χ1) is 13.3. The zero-order chi connectivity index (χ0) is 20.3. The molecule has 7 heteroatoms. The van der Waals surface area contributed by atoms with Gasteiger partial charge in [0.15, 0.2) is 12.0 Å². The molecule has 0 bridgehead atoms. The maximum atomic E-state index is 12.0. The highest BCUT2D eigenvalue weighted by molar-refractivity contribution is 5.99. The zero-order valence-electron chi connectivity index (χ0n) is 16.2. The Morgan fingerprint density at radius 2 is 1.96 bits per heavy atom. The molecule has 1 heterocycles. The van der Waals surface area contributed by atoms with Crippen LogP contribution in [0.15, 0.2) is 47.2 Å². The van der Waals surface area contributed by atoms with Crippen LogP contribution >= 0.6 is 0 Å². The third kappa shape index (κ3) is 4.49. The molecule has 1 N–H and O–H groups in total. The van der Waals surface area contributed by atoms with E-state index in [0.717, 1.165) is 16.7 Å². The van der Waals surface area contributed by atoms with Gasteiger partial charge in [-0.1, -0.05) is 18.2 Å². The van der Waals surface area contributed by atoms with Crippen LogP contribution in [0, 0.1) is 0 Å². The molecule has 3 rings (SSSR count). The van der Waals surface area contributed by atoms with Crippen LogP contribution < -0.4 is 5.32 Å². The fourth-order valence-corrected chi connectivity index (χ4v) is 2.76.